The van der Waals surface area contributed by atoms with Gasteiger partial charge in [0.2, 0.25) is 0 Å². The first-order valence-corrected chi connectivity index (χ1v) is 7.23. The maximum Gasteiger partial charge on any atom is 0.323 e. The van der Waals surface area contributed by atoms with Crippen molar-refractivity contribution in [1.82, 2.24) is 4.90 Å². The zero-order chi connectivity index (χ0) is 13.7. The zero-order valence-electron chi connectivity index (χ0n) is 11.9. The van der Waals surface area contributed by atoms with Crippen molar-refractivity contribution < 1.29 is 9.53 Å². The van der Waals surface area contributed by atoms with Gasteiger partial charge >= 0.3 is 5.97 Å². The predicted octanol–water partition coefficient (Wildman–Crippen LogP) is 2.78. The quantitative estimate of drug-likeness (QED) is 0.763. The Balaban J connectivity index is 2.10. The summed E-state index contributed by atoms with van der Waals surface area (Å²) in [6, 6.07) is 8.42. The largest absolute Gasteiger partial charge is 0.465 e. The van der Waals surface area contributed by atoms with Gasteiger partial charge in [0.15, 0.2) is 0 Å². The number of benzene rings is 1. The van der Waals surface area contributed by atoms with E-state index in [1.807, 2.05) is 6.92 Å². The van der Waals surface area contributed by atoms with Crippen molar-refractivity contribution in [2.24, 2.45) is 0 Å². The molecule has 0 aliphatic carbocycles. The molecule has 1 aromatic carbocycles. The molecule has 0 bridgehead atoms. The van der Waals surface area contributed by atoms with Crippen LogP contribution in [0.15, 0.2) is 24.3 Å². The summed E-state index contributed by atoms with van der Waals surface area (Å²) in [6.07, 6.45) is 2.90. The fourth-order valence-electron chi connectivity index (χ4n) is 2.74. The molecular weight excluding hydrogens is 238 g/mol. The number of carbonyl (C=O) groups excluding carboxylic acids is 1. The molecule has 3 nitrogen and oxygen atoms in total. The number of nitrogens with zero attached hydrogens (tertiary/aromatic N) is 1. The maximum atomic E-state index is 12.1. The number of rotatable bonds is 5. The lowest BCUT2D eigenvalue weighted by Gasteiger charge is -2.34. The Hall–Kier alpha value is -1.35. The third-order valence-corrected chi connectivity index (χ3v) is 3.72. The lowest BCUT2D eigenvalue weighted by molar-refractivity contribution is -0.150. The molecule has 1 aromatic rings. The first kappa shape index (κ1) is 14.1. The Kier molecular flexibility index (Phi) is 4.97. The molecule has 0 saturated heterocycles. The van der Waals surface area contributed by atoms with Crippen LogP contribution in [0.25, 0.3) is 0 Å². The van der Waals surface area contributed by atoms with E-state index in [0.29, 0.717) is 6.61 Å². The fourth-order valence-corrected chi connectivity index (χ4v) is 2.74. The van der Waals surface area contributed by atoms with Crippen LogP contribution in [0.5, 0.6) is 0 Å². The Morgan fingerprint density at radius 2 is 2.05 bits per heavy atom. The number of carbonyl (C=O) groups is 1. The van der Waals surface area contributed by atoms with E-state index >= 15 is 0 Å². The maximum absolute atomic E-state index is 12.1. The number of hydrogen-bond acceptors (Lipinski definition) is 3. The van der Waals surface area contributed by atoms with E-state index in [1.165, 1.54) is 11.1 Å². The molecule has 1 aliphatic heterocycles. The van der Waals surface area contributed by atoms with Gasteiger partial charge in [-0.2, -0.15) is 0 Å². The van der Waals surface area contributed by atoms with Crippen LogP contribution in [0.3, 0.4) is 0 Å². The first-order valence-electron chi connectivity index (χ1n) is 7.23. The molecule has 3 heteroatoms. The Labute approximate surface area is 115 Å². The Morgan fingerprint density at radius 3 is 2.74 bits per heavy atom. The highest BCUT2D eigenvalue weighted by atomic mass is 16.5. The third-order valence-electron chi connectivity index (χ3n) is 3.72. The molecule has 0 N–H and O–H groups in total. The van der Waals surface area contributed by atoms with Crippen molar-refractivity contribution in [3.05, 3.63) is 35.4 Å². The van der Waals surface area contributed by atoms with Crippen molar-refractivity contribution in [2.45, 2.75) is 45.7 Å². The molecule has 1 heterocycles. The van der Waals surface area contributed by atoms with Gasteiger partial charge in [0, 0.05) is 13.1 Å². The monoisotopic (exact) mass is 261 g/mol. The summed E-state index contributed by atoms with van der Waals surface area (Å²) in [5.41, 5.74) is 2.76. The number of hydrogen-bond donors (Lipinski definition) is 0. The first-order chi connectivity index (χ1) is 9.26. The molecule has 0 saturated carbocycles. The summed E-state index contributed by atoms with van der Waals surface area (Å²) >= 11 is 0. The van der Waals surface area contributed by atoms with Crippen LogP contribution >= 0.6 is 0 Å². The van der Waals surface area contributed by atoms with E-state index in [4.69, 9.17) is 4.74 Å². The zero-order valence-corrected chi connectivity index (χ0v) is 11.9. The van der Waals surface area contributed by atoms with E-state index in [1.54, 1.807) is 0 Å². The van der Waals surface area contributed by atoms with E-state index in [-0.39, 0.29) is 12.0 Å². The number of ether oxygens (including phenoxy) is 1. The molecule has 0 spiro atoms. The van der Waals surface area contributed by atoms with Crippen LogP contribution in [0.1, 0.15) is 37.8 Å². The normalized spacial score (nSPS) is 16.7. The van der Waals surface area contributed by atoms with Gasteiger partial charge < -0.3 is 4.74 Å². The topological polar surface area (TPSA) is 29.5 Å². The SMILES string of the molecule is CCCC(C(=O)OCC)N1CCc2ccccc2C1. The second kappa shape index (κ2) is 6.71. The summed E-state index contributed by atoms with van der Waals surface area (Å²) in [7, 11) is 0. The second-order valence-electron chi connectivity index (χ2n) is 5.05. The van der Waals surface area contributed by atoms with E-state index in [9.17, 15) is 4.79 Å². The molecule has 104 valence electrons. The summed E-state index contributed by atoms with van der Waals surface area (Å²) in [6.45, 7) is 6.25. The van der Waals surface area contributed by atoms with Crippen molar-refractivity contribution in [3.63, 3.8) is 0 Å². The van der Waals surface area contributed by atoms with Gasteiger partial charge in [-0.05, 0) is 30.9 Å². The van der Waals surface area contributed by atoms with E-state index < -0.39 is 0 Å². The van der Waals surface area contributed by atoms with Crippen molar-refractivity contribution in [1.29, 1.82) is 0 Å². The molecule has 2 rings (SSSR count). The van der Waals surface area contributed by atoms with E-state index in [0.717, 1.165) is 32.4 Å². The van der Waals surface area contributed by atoms with Gasteiger partial charge in [0.1, 0.15) is 6.04 Å². The molecule has 0 amide bonds. The molecule has 19 heavy (non-hydrogen) atoms. The minimum atomic E-state index is -0.0849. The minimum Gasteiger partial charge on any atom is -0.465 e. The van der Waals surface area contributed by atoms with Crippen LogP contribution in [0.4, 0.5) is 0 Å². The lowest BCUT2D eigenvalue weighted by Crippen LogP contribution is -2.44. The summed E-state index contributed by atoms with van der Waals surface area (Å²) in [5.74, 6) is -0.0660. The number of fused-ring (bicyclic) bond motifs is 1. The smallest absolute Gasteiger partial charge is 0.323 e. The van der Waals surface area contributed by atoms with Gasteiger partial charge in [-0.15, -0.1) is 0 Å². The van der Waals surface area contributed by atoms with Crippen LogP contribution in [-0.2, 0) is 22.5 Å². The van der Waals surface area contributed by atoms with Gasteiger partial charge in [0.25, 0.3) is 0 Å². The predicted molar refractivity (Wildman–Crippen MR) is 75.9 cm³/mol. The molecule has 1 atom stereocenters. The van der Waals surface area contributed by atoms with Crippen LogP contribution in [-0.4, -0.2) is 30.1 Å². The Morgan fingerprint density at radius 1 is 1.32 bits per heavy atom. The van der Waals surface area contributed by atoms with E-state index in [2.05, 4.69) is 36.1 Å². The van der Waals surface area contributed by atoms with Crippen molar-refractivity contribution in [3.8, 4) is 0 Å². The fraction of sp³-hybridized carbons (Fsp3) is 0.562. The third kappa shape index (κ3) is 3.35. The highest BCUT2D eigenvalue weighted by molar-refractivity contribution is 5.75. The van der Waals surface area contributed by atoms with Crippen LogP contribution in [0.2, 0.25) is 0 Å². The summed E-state index contributed by atoms with van der Waals surface area (Å²) in [4.78, 5) is 14.3. The minimum absolute atomic E-state index is 0.0660. The molecular formula is C16H23NO2. The summed E-state index contributed by atoms with van der Waals surface area (Å²) < 4.78 is 5.22. The highest BCUT2D eigenvalue weighted by Crippen LogP contribution is 2.22. The lowest BCUT2D eigenvalue weighted by atomic mass is 9.97. The molecule has 0 radical (unpaired) electrons. The van der Waals surface area contributed by atoms with Crippen LogP contribution < -0.4 is 0 Å². The van der Waals surface area contributed by atoms with Crippen molar-refractivity contribution >= 4 is 5.97 Å². The molecule has 0 aromatic heterocycles. The van der Waals surface area contributed by atoms with Gasteiger partial charge in [-0.25, -0.2) is 0 Å². The molecule has 0 fully saturated rings. The average molecular weight is 261 g/mol. The standard InChI is InChI=1S/C16H23NO2/c1-3-7-15(16(18)19-4-2)17-11-10-13-8-5-6-9-14(13)12-17/h5-6,8-9,15H,3-4,7,10-12H2,1-2H3. The second-order valence-corrected chi connectivity index (χ2v) is 5.05. The van der Waals surface area contributed by atoms with Gasteiger partial charge in [-0.1, -0.05) is 37.6 Å². The average Bonchev–Trinajstić information content (AvgIpc) is 2.44. The van der Waals surface area contributed by atoms with Gasteiger partial charge in [-0.3, -0.25) is 9.69 Å². The molecule has 1 aliphatic rings. The van der Waals surface area contributed by atoms with Crippen LogP contribution in [0, 0.1) is 0 Å². The highest BCUT2D eigenvalue weighted by Gasteiger charge is 2.28. The number of esters is 1. The molecule has 1 unspecified atom stereocenters. The van der Waals surface area contributed by atoms with Gasteiger partial charge in [0.05, 0.1) is 6.61 Å². The van der Waals surface area contributed by atoms with Crippen molar-refractivity contribution in [2.75, 3.05) is 13.2 Å². The summed E-state index contributed by atoms with van der Waals surface area (Å²) in [5, 5.41) is 0. The Bertz CT molecular complexity index is 431.